The van der Waals surface area contributed by atoms with Crippen molar-refractivity contribution in [2.45, 2.75) is 6.10 Å². The van der Waals surface area contributed by atoms with Crippen molar-refractivity contribution in [2.75, 3.05) is 0 Å². The van der Waals surface area contributed by atoms with Crippen LogP contribution in [0, 0.1) is 9.39 Å². The summed E-state index contributed by atoms with van der Waals surface area (Å²) < 4.78 is 15.4. The molecule has 2 aromatic carbocycles. The molecule has 2 rings (SSSR count). The van der Waals surface area contributed by atoms with Crippen molar-refractivity contribution in [1.82, 2.24) is 0 Å². The monoisotopic (exact) mass is 406 g/mol. The molecular formula is C13H9BrFIO. The highest BCUT2D eigenvalue weighted by atomic mass is 127. The first-order valence-corrected chi connectivity index (χ1v) is 6.83. The highest BCUT2D eigenvalue weighted by molar-refractivity contribution is 14.1. The zero-order chi connectivity index (χ0) is 12.4. The first-order chi connectivity index (χ1) is 8.08. The maximum Gasteiger partial charge on any atom is 0.129 e. The third kappa shape index (κ3) is 3.05. The van der Waals surface area contributed by atoms with Gasteiger partial charge in [-0.25, -0.2) is 4.39 Å². The van der Waals surface area contributed by atoms with E-state index in [9.17, 15) is 9.50 Å². The van der Waals surface area contributed by atoms with Gasteiger partial charge in [-0.2, -0.15) is 0 Å². The number of benzene rings is 2. The van der Waals surface area contributed by atoms with Crippen LogP contribution in [0.5, 0.6) is 0 Å². The summed E-state index contributed by atoms with van der Waals surface area (Å²) in [7, 11) is 0. The average Bonchev–Trinajstić information content (AvgIpc) is 2.31. The number of aliphatic hydroxyl groups excluding tert-OH is 1. The second-order valence-corrected chi connectivity index (χ2v) is 5.78. The summed E-state index contributed by atoms with van der Waals surface area (Å²) in [5.41, 5.74) is 0.968. The van der Waals surface area contributed by atoms with E-state index in [4.69, 9.17) is 0 Å². The van der Waals surface area contributed by atoms with Crippen molar-refractivity contribution >= 4 is 38.5 Å². The van der Waals surface area contributed by atoms with Crippen LogP contribution in [0.25, 0.3) is 0 Å². The second kappa shape index (κ2) is 5.46. The first-order valence-electron chi connectivity index (χ1n) is 4.96. The van der Waals surface area contributed by atoms with E-state index in [2.05, 4.69) is 38.5 Å². The van der Waals surface area contributed by atoms with E-state index in [1.807, 2.05) is 18.2 Å². The highest BCUT2D eigenvalue weighted by Crippen LogP contribution is 2.27. The number of rotatable bonds is 2. The lowest BCUT2D eigenvalue weighted by Crippen LogP contribution is -2.02. The summed E-state index contributed by atoms with van der Waals surface area (Å²) in [5, 5.41) is 10.2. The highest BCUT2D eigenvalue weighted by Gasteiger charge is 2.15. The van der Waals surface area contributed by atoms with Gasteiger partial charge in [0, 0.05) is 13.6 Å². The summed E-state index contributed by atoms with van der Waals surface area (Å²) in [5.74, 6) is -0.403. The van der Waals surface area contributed by atoms with Gasteiger partial charge in [0.25, 0.3) is 0 Å². The Hall–Kier alpha value is -0.460. The zero-order valence-corrected chi connectivity index (χ0v) is 12.4. The Morgan fingerprint density at radius 2 is 1.94 bits per heavy atom. The Kier molecular flexibility index (Phi) is 4.17. The lowest BCUT2D eigenvalue weighted by atomic mass is 10.0. The van der Waals surface area contributed by atoms with Crippen LogP contribution in [0.4, 0.5) is 4.39 Å². The molecule has 1 N–H and O–H groups in total. The Labute approximate surface area is 121 Å². The van der Waals surface area contributed by atoms with Crippen LogP contribution < -0.4 is 0 Å². The summed E-state index contributed by atoms with van der Waals surface area (Å²) >= 11 is 5.43. The first kappa shape index (κ1) is 13.0. The van der Waals surface area contributed by atoms with Crippen LogP contribution >= 0.6 is 38.5 Å². The van der Waals surface area contributed by atoms with Gasteiger partial charge in [-0.05, 0) is 58.5 Å². The van der Waals surface area contributed by atoms with Crippen LogP contribution in [0.15, 0.2) is 46.9 Å². The largest absolute Gasteiger partial charge is 0.384 e. The fraction of sp³-hybridized carbons (Fsp3) is 0.0769. The Morgan fingerprint density at radius 1 is 1.18 bits per heavy atom. The minimum atomic E-state index is -0.942. The molecule has 1 atom stereocenters. The van der Waals surface area contributed by atoms with Crippen molar-refractivity contribution in [3.63, 3.8) is 0 Å². The molecule has 0 saturated heterocycles. The van der Waals surface area contributed by atoms with Crippen molar-refractivity contribution in [1.29, 1.82) is 0 Å². The Balaban J connectivity index is 2.43. The number of hydrogen-bond acceptors (Lipinski definition) is 1. The number of hydrogen-bond donors (Lipinski definition) is 1. The smallest absolute Gasteiger partial charge is 0.129 e. The van der Waals surface area contributed by atoms with E-state index in [1.54, 1.807) is 18.2 Å². The van der Waals surface area contributed by atoms with Crippen molar-refractivity contribution in [3.8, 4) is 0 Å². The molecule has 0 bridgehead atoms. The predicted molar refractivity (Wildman–Crippen MR) is 77.3 cm³/mol. The van der Waals surface area contributed by atoms with Crippen molar-refractivity contribution in [3.05, 3.63) is 67.5 Å². The summed E-state index contributed by atoms with van der Waals surface area (Å²) in [6.07, 6.45) is -0.942. The average molecular weight is 407 g/mol. The molecule has 2 aromatic rings. The van der Waals surface area contributed by atoms with Crippen LogP contribution in [-0.2, 0) is 0 Å². The maximum atomic E-state index is 13.6. The molecule has 0 aliphatic carbocycles. The van der Waals surface area contributed by atoms with Gasteiger partial charge in [0.1, 0.15) is 11.9 Å². The van der Waals surface area contributed by atoms with Crippen LogP contribution in [0.3, 0.4) is 0 Å². The van der Waals surface area contributed by atoms with E-state index in [0.29, 0.717) is 5.56 Å². The molecule has 0 spiro atoms. The van der Waals surface area contributed by atoms with E-state index in [-0.39, 0.29) is 5.56 Å². The van der Waals surface area contributed by atoms with Crippen LogP contribution in [0.2, 0.25) is 0 Å². The van der Waals surface area contributed by atoms with Gasteiger partial charge in [-0.1, -0.05) is 28.1 Å². The summed E-state index contributed by atoms with van der Waals surface area (Å²) in [4.78, 5) is 0. The lowest BCUT2D eigenvalue weighted by molar-refractivity contribution is 0.215. The standard InChI is InChI=1S/C13H9BrFIO/c14-9-4-5-12(15)11(7-9)13(17)8-2-1-3-10(16)6-8/h1-7,13,17H. The SMILES string of the molecule is OC(c1cccc(I)c1)c1cc(Br)ccc1F. The molecular weight excluding hydrogens is 398 g/mol. The normalized spacial score (nSPS) is 12.5. The molecule has 17 heavy (non-hydrogen) atoms. The second-order valence-electron chi connectivity index (χ2n) is 3.62. The molecule has 1 nitrogen and oxygen atoms in total. The maximum absolute atomic E-state index is 13.6. The van der Waals surface area contributed by atoms with Gasteiger partial charge in [-0.15, -0.1) is 0 Å². The number of halogens is 3. The molecule has 0 aliphatic heterocycles. The van der Waals surface area contributed by atoms with Gasteiger partial charge in [0.2, 0.25) is 0 Å². The molecule has 0 heterocycles. The van der Waals surface area contributed by atoms with Gasteiger partial charge in [-0.3, -0.25) is 0 Å². The fourth-order valence-corrected chi connectivity index (χ4v) is 2.53. The van der Waals surface area contributed by atoms with Gasteiger partial charge < -0.3 is 5.11 Å². The molecule has 0 amide bonds. The van der Waals surface area contributed by atoms with E-state index >= 15 is 0 Å². The number of aliphatic hydroxyl groups is 1. The summed E-state index contributed by atoms with van der Waals surface area (Å²) in [6.45, 7) is 0. The predicted octanol–water partition coefficient (Wildman–Crippen LogP) is 4.27. The molecule has 0 fully saturated rings. The van der Waals surface area contributed by atoms with Gasteiger partial charge >= 0.3 is 0 Å². The quantitative estimate of drug-likeness (QED) is 0.738. The van der Waals surface area contributed by atoms with E-state index in [1.165, 1.54) is 6.07 Å². The molecule has 0 aromatic heterocycles. The van der Waals surface area contributed by atoms with Crippen LogP contribution in [-0.4, -0.2) is 5.11 Å². The van der Waals surface area contributed by atoms with E-state index in [0.717, 1.165) is 8.04 Å². The Bertz CT molecular complexity index is 545. The molecule has 0 aliphatic rings. The van der Waals surface area contributed by atoms with Crippen molar-refractivity contribution < 1.29 is 9.50 Å². The molecule has 88 valence electrons. The minimum Gasteiger partial charge on any atom is -0.384 e. The summed E-state index contributed by atoms with van der Waals surface area (Å²) in [6, 6.07) is 11.9. The lowest BCUT2D eigenvalue weighted by Gasteiger charge is -2.13. The van der Waals surface area contributed by atoms with Gasteiger partial charge in [0.05, 0.1) is 0 Å². The van der Waals surface area contributed by atoms with E-state index < -0.39 is 11.9 Å². The third-order valence-corrected chi connectivity index (χ3v) is 3.58. The fourth-order valence-electron chi connectivity index (χ4n) is 1.58. The topological polar surface area (TPSA) is 20.2 Å². The molecule has 0 radical (unpaired) electrons. The molecule has 0 saturated carbocycles. The third-order valence-electron chi connectivity index (χ3n) is 2.42. The van der Waals surface area contributed by atoms with Crippen LogP contribution in [0.1, 0.15) is 17.2 Å². The molecule has 4 heteroatoms. The van der Waals surface area contributed by atoms with Gasteiger partial charge in [0.15, 0.2) is 0 Å². The van der Waals surface area contributed by atoms with Crippen molar-refractivity contribution in [2.24, 2.45) is 0 Å². The Morgan fingerprint density at radius 3 is 2.65 bits per heavy atom. The minimum absolute atomic E-state index is 0.279. The zero-order valence-electron chi connectivity index (χ0n) is 8.70. The molecule has 1 unspecified atom stereocenters.